The number of amides is 1. The quantitative estimate of drug-likeness (QED) is 0.105. The third-order valence-corrected chi connectivity index (χ3v) is 7.44. The van der Waals surface area contributed by atoms with Crippen molar-refractivity contribution in [1.82, 2.24) is 0 Å². The smallest absolute Gasteiger partial charge is 0.326 e. The lowest BCUT2D eigenvalue weighted by atomic mass is 10.00. The van der Waals surface area contributed by atoms with E-state index >= 15 is 0 Å². The Morgan fingerprint density at radius 3 is 2.23 bits per heavy atom. The van der Waals surface area contributed by atoms with Crippen LogP contribution in [0.5, 0.6) is 5.75 Å². The van der Waals surface area contributed by atoms with Crippen LogP contribution in [0, 0.1) is 6.92 Å². The summed E-state index contributed by atoms with van der Waals surface area (Å²) in [5.41, 5.74) is 4.25. The summed E-state index contributed by atoms with van der Waals surface area (Å²) in [4.78, 5) is 40.1. The Bertz CT molecular complexity index is 1540. The zero-order valence-corrected chi connectivity index (χ0v) is 25.4. The van der Waals surface area contributed by atoms with Crippen molar-refractivity contribution in [2.75, 3.05) is 23.4 Å². The first kappa shape index (κ1) is 32.0. The van der Waals surface area contributed by atoms with Crippen molar-refractivity contribution < 1.29 is 24.2 Å². The molecular formula is C37H40N2O5. The van der Waals surface area contributed by atoms with Crippen molar-refractivity contribution in [3.63, 3.8) is 0 Å². The fourth-order valence-electron chi connectivity index (χ4n) is 5.02. The van der Waals surface area contributed by atoms with Crippen LogP contribution in [0.2, 0.25) is 0 Å². The van der Waals surface area contributed by atoms with Crippen LogP contribution in [0.3, 0.4) is 0 Å². The van der Waals surface area contributed by atoms with Crippen LogP contribution >= 0.6 is 0 Å². The number of hydrogen-bond donors (Lipinski definition) is 2. The third-order valence-electron chi connectivity index (χ3n) is 7.44. The molecule has 0 aliphatic heterocycles. The van der Waals surface area contributed by atoms with Crippen molar-refractivity contribution in [3.05, 3.63) is 125 Å². The van der Waals surface area contributed by atoms with E-state index in [-0.39, 0.29) is 18.1 Å². The number of carbonyl (C=O) groups is 3. The van der Waals surface area contributed by atoms with Crippen molar-refractivity contribution in [3.8, 4) is 5.75 Å². The lowest BCUT2D eigenvalue weighted by Gasteiger charge is -2.24. The first-order valence-corrected chi connectivity index (χ1v) is 15.1. The van der Waals surface area contributed by atoms with E-state index in [9.17, 15) is 19.5 Å². The maximum atomic E-state index is 13.1. The number of hydrogen-bond acceptors (Lipinski definition) is 5. The second kappa shape index (κ2) is 16.1. The fraction of sp³-hybridized carbons (Fsp3) is 0.270. The number of benzene rings is 4. The van der Waals surface area contributed by atoms with Gasteiger partial charge in [0.1, 0.15) is 11.8 Å². The number of aryl methyl sites for hydroxylation is 1. The maximum absolute atomic E-state index is 13.1. The lowest BCUT2D eigenvalue weighted by molar-refractivity contribution is -0.137. The van der Waals surface area contributed by atoms with Gasteiger partial charge in [-0.25, -0.2) is 4.79 Å². The molecule has 0 aromatic heterocycles. The first-order chi connectivity index (χ1) is 21.4. The molecule has 1 amide bonds. The van der Waals surface area contributed by atoms with E-state index in [1.165, 1.54) is 0 Å². The van der Waals surface area contributed by atoms with Gasteiger partial charge in [-0.2, -0.15) is 0 Å². The van der Waals surface area contributed by atoms with E-state index in [0.29, 0.717) is 48.6 Å². The monoisotopic (exact) mass is 592 g/mol. The number of carbonyl (C=O) groups excluding carboxylic acids is 2. The fourth-order valence-corrected chi connectivity index (χ4v) is 5.02. The number of aliphatic carboxylic acids is 1. The summed E-state index contributed by atoms with van der Waals surface area (Å²) in [7, 11) is 0. The number of anilines is 2. The number of para-hydroxylation sites is 2. The number of nitrogens with zero attached hydrogens (tertiary/aromatic N) is 1. The van der Waals surface area contributed by atoms with Crippen molar-refractivity contribution >= 4 is 29.0 Å². The summed E-state index contributed by atoms with van der Waals surface area (Å²) in [6.45, 7) is 5.10. The Morgan fingerprint density at radius 1 is 0.841 bits per heavy atom. The highest BCUT2D eigenvalue weighted by atomic mass is 16.5. The molecule has 228 valence electrons. The molecule has 0 heterocycles. The average Bonchev–Trinajstić information content (AvgIpc) is 3.05. The molecule has 4 rings (SSSR count). The van der Waals surface area contributed by atoms with E-state index in [1.807, 2.05) is 66.4 Å². The minimum absolute atomic E-state index is 0.124. The molecule has 1 atom stereocenters. The van der Waals surface area contributed by atoms with Gasteiger partial charge in [0.25, 0.3) is 0 Å². The molecule has 0 spiro atoms. The standard InChI is InChI=1S/C37H40N2O5/c1-3-4-19-35(40)39(34-18-11-8-13-27(34)2)24-12-25-44-30-22-20-28(21-23-30)26-33(37(42)43)38-32-17-10-9-16-31(32)36(41)29-14-6-5-7-15-29/h5-11,13-18,20-23,33,38H,3-4,12,19,24-26H2,1-2H3,(H,42,43)/t33-/m0/s1. The van der Waals surface area contributed by atoms with Gasteiger partial charge in [-0.3, -0.25) is 9.59 Å². The van der Waals surface area contributed by atoms with E-state index in [0.717, 1.165) is 29.7 Å². The Labute approximate surface area is 259 Å². The highest BCUT2D eigenvalue weighted by Crippen LogP contribution is 2.23. The molecular weight excluding hydrogens is 552 g/mol. The Kier molecular flexibility index (Phi) is 11.7. The van der Waals surface area contributed by atoms with Crippen LogP contribution in [0.15, 0.2) is 103 Å². The van der Waals surface area contributed by atoms with Crippen molar-refractivity contribution in [1.29, 1.82) is 0 Å². The van der Waals surface area contributed by atoms with Gasteiger partial charge in [0.15, 0.2) is 5.78 Å². The molecule has 4 aromatic carbocycles. The molecule has 0 bridgehead atoms. The van der Waals surface area contributed by atoms with Crippen molar-refractivity contribution in [2.45, 2.75) is 52.0 Å². The number of ketones is 1. The maximum Gasteiger partial charge on any atom is 0.326 e. The molecule has 44 heavy (non-hydrogen) atoms. The minimum atomic E-state index is -1.01. The topological polar surface area (TPSA) is 95.9 Å². The van der Waals surface area contributed by atoms with Gasteiger partial charge in [-0.15, -0.1) is 0 Å². The SMILES string of the molecule is CCCCC(=O)N(CCCOc1ccc(C[C@H](Nc2ccccc2C(=O)c2ccccc2)C(=O)O)cc1)c1ccccc1C. The zero-order valence-electron chi connectivity index (χ0n) is 25.4. The second-order valence-electron chi connectivity index (χ2n) is 10.8. The van der Waals surface area contributed by atoms with E-state index in [4.69, 9.17) is 4.74 Å². The minimum Gasteiger partial charge on any atom is -0.494 e. The third kappa shape index (κ3) is 8.80. The number of carboxylic acids is 1. The molecule has 0 unspecified atom stereocenters. The summed E-state index contributed by atoms with van der Waals surface area (Å²) < 4.78 is 5.96. The molecule has 0 aliphatic carbocycles. The molecule has 2 N–H and O–H groups in total. The van der Waals surface area contributed by atoms with E-state index in [2.05, 4.69) is 12.2 Å². The number of unbranched alkanes of at least 4 members (excludes halogenated alkanes) is 1. The molecule has 0 saturated carbocycles. The summed E-state index contributed by atoms with van der Waals surface area (Å²) >= 11 is 0. The zero-order chi connectivity index (χ0) is 31.3. The van der Waals surface area contributed by atoms with Gasteiger partial charge >= 0.3 is 5.97 Å². The van der Waals surface area contributed by atoms with Gasteiger partial charge in [-0.05, 0) is 61.2 Å². The highest BCUT2D eigenvalue weighted by molar-refractivity contribution is 6.12. The molecule has 0 aliphatic rings. The molecule has 0 fully saturated rings. The van der Waals surface area contributed by atoms with E-state index in [1.54, 1.807) is 48.5 Å². The molecule has 4 aromatic rings. The number of carboxylic acid groups (broad SMARTS) is 1. The largest absolute Gasteiger partial charge is 0.494 e. The molecule has 7 heteroatoms. The lowest BCUT2D eigenvalue weighted by Crippen LogP contribution is -2.33. The first-order valence-electron chi connectivity index (χ1n) is 15.1. The predicted octanol–water partition coefficient (Wildman–Crippen LogP) is 7.33. The van der Waals surface area contributed by atoms with Crippen LogP contribution in [-0.2, 0) is 16.0 Å². The number of ether oxygens (including phenoxy) is 1. The Balaban J connectivity index is 1.34. The van der Waals surface area contributed by atoms with Crippen LogP contribution in [0.1, 0.15) is 59.7 Å². The van der Waals surface area contributed by atoms with Crippen LogP contribution in [0.25, 0.3) is 0 Å². The van der Waals surface area contributed by atoms with Crippen LogP contribution in [0.4, 0.5) is 11.4 Å². The average molecular weight is 593 g/mol. The van der Waals surface area contributed by atoms with Crippen LogP contribution in [-0.4, -0.2) is 42.0 Å². The van der Waals surface area contributed by atoms with E-state index < -0.39 is 12.0 Å². The van der Waals surface area contributed by atoms with Gasteiger partial charge in [0.2, 0.25) is 5.91 Å². The van der Waals surface area contributed by atoms with Crippen LogP contribution < -0.4 is 15.0 Å². The summed E-state index contributed by atoms with van der Waals surface area (Å²) in [5.74, 6) is -0.392. The molecule has 0 radical (unpaired) electrons. The molecule has 7 nitrogen and oxygen atoms in total. The summed E-state index contributed by atoms with van der Waals surface area (Å²) in [5, 5.41) is 13.0. The van der Waals surface area contributed by atoms with Crippen molar-refractivity contribution in [2.24, 2.45) is 0 Å². The molecule has 0 saturated heterocycles. The normalized spacial score (nSPS) is 11.4. The van der Waals surface area contributed by atoms with Gasteiger partial charge < -0.3 is 20.1 Å². The van der Waals surface area contributed by atoms with Gasteiger partial charge in [0, 0.05) is 41.9 Å². The number of nitrogens with one attached hydrogen (secondary N) is 1. The Morgan fingerprint density at radius 2 is 1.52 bits per heavy atom. The summed E-state index contributed by atoms with van der Waals surface area (Å²) in [6.07, 6.45) is 3.24. The predicted molar refractivity (Wildman–Crippen MR) is 175 cm³/mol. The highest BCUT2D eigenvalue weighted by Gasteiger charge is 2.22. The summed E-state index contributed by atoms with van der Waals surface area (Å²) in [6, 6.07) is 30.2. The van der Waals surface area contributed by atoms with Gasteiger partial charge in [-0.1, -0.05) is 86.1 Å². The number of rotatable bonds is 16. The van der Waals surface area contributed by atoms with Gasteiger partial charge in [0.05, 0.1) is 6.61 Å². The Hall–Kier alpha value is -4.91. The second-order valence-corrected chi connectivity index (χ2v) is 10.8.